The molecule has 3 aromatic rings. The van der Waals surface area contributed by atoms with E-state index in [1.54, 1.807) is 19.5 Å². The third-order valence-corrected chi connectivity index (χ3v) is 4.10. The van der Waals surface area contributed by atoms with Crippen LogP contribution in [0.2, 0.25) is 0 Å². The quantitative estimate of drug-likeness (QED) is 0.776. The Balaban J connectivity index is 2.22. The van der Waals surface area contributed by atoms with Gasteiger partial charge in [0.1, 0.15) is 5.75 Å². The van der Waals surface area contributed by atoms with Crippen LogP contribution in [0, 0.1) is 0 Å². The molecule has 5 heteroatoms. The molecule has 0 unspecified atom stereocenters. The van der Waals surface area contributed by atoms with E-state index in [1.165, 1.54) is 0 Å². The lowest BCUT2D eigenvalue weighted by Gasteiger charge is -2.24. The maximum absolute atomic E-state index is 5.93. The summed E-state index contributed by atoms with van der Waals surface area (Å²) in [6, 6.07) is 8.23. The fraction of sp³-hybridized carbons (Fsp3) is 0.294. The summed E-state index contributed by atoms with van der Waals surface area (Å²) in [6.07, 6.45) is 3.58. The zero-order valence-corrected chi connectivity index (χ0v) is 13.1. The number of nitrogens with zero attached hydrogens (tertiary/aromatic N) is 2. The van der Waals surface area contributed by atoms with Crippen LogP contribution in [0.3, 0.4) is 0 Å². The van der Waals surface area contributed by atoms with Crippen molar-refractivity contribution in [2.45, 2.75) is 19.3 Å². The number of nitrogens with two attached hydrogens (primary N) is 1. The van der Waals surface area contributed by atoms with Crippen LogP contribution in [0.15, 0.2) is 36.7 Å². The minimum atomic E-state index is -0.119. The SMILES string of the molecule is COc1cc(-c2ccnc3[nH]ncc23)cc(C(C)(C)CN)c1. The van der Waals surface area contributed by atoms with Crippen LogP contribution in [0.1, 0.15) is 19.4 Å². The molecule has 22 heavy (non-hydrogen) atoms. The standard InChI is InChI=1S/C17H20N4O/c1-17(2,10-18)12-6-11(7-13(8-12)22-3)14-4-5-19-16-15(14)9-20-21-16/h4-9H,10,18H2,1-3H3,(H,19,20,21). The number of pyridine rings is 1. The van der Waals surface area contributed by atoms with E-state index in [0.717, 1.165) is 33.5 Å². The van der Waals surface area contributed by atoms with E-state index >= 15 is 0 Å². The molecule has 0 radical (unpaired) electrons. The Hall–Kier alpha value is -2.40. The third-order valence-electron chi connectivity index (χ3n) is 4.10. The van der Waals surface area contributed by atoms with Crippen LogP contribution in [0.5, 0.6) is 5.75 Å². The number of hydrogen-bond donors (Lipinski definition) is 2. The number of aromatic amines is 1. The van der Waals surface area contributed by atoms with Gasteiger partial charge in [0.15, 0.2) is 5.65 Å². The molecular weight excluding hydrogens is 276 g/mol. The van der Waals surface area contributed by atoms with Crippen molar-refractivity contribution >= 4 is 11.0 Å². The van der Waals surface area contributed by atoms with Gasteiger partial charge in [-0.2, -0.15) is 5.10 Å². The monoisotopic (exact) mass is 296 g/mol. The molecule has 0 bridgehead atoms. The van der Waals surface area contributed by atoms with Gasteiger partial charge in [0.05, 0.1) is 13.3 Å². The highest BCUT2D eigenvalue weighted by molar-refractivity contribution is 5.92. The molecule has 0 atom stereocenters. The first-order valence-corrected chi connectivity index (χ1v) is 7.23. The lowest BCUT2D eigenvalue weighted by Crippen LogP contribution is -2.28. The van der Waals surface area contributed by atoms with Gasteiger partial charge in [0.25, 0.3) is 0 Å². The summed E-state index contributed by atoms with van der Waals surface area (Å²) in [5.74, 6) is 0.822. The fourth-order valence-electron chi connectivity index (χ4n) is 2.48. The van der Waals surface area contributed by atoms with Crippen LogP contribution < -0.4 is 10.5 Å². The Bertz CT molecular complexity index is 807. The number of rotatable bonds is 4. The highest BCUT2D eigenvalue weighted by Crippen LogP contribution is 2.34. The van der Waals surface area contributed by atoms with Gasteiger partial charge in [-0.1, -0.05) is 19.9 Å². The summed E-state index contributed by atoms with van der Waals surface area (Å²) in [7, 11) is 1.68. The first kappa shape index (κ1) is 14.5. The molecule has 1 aromatic carbocycles. The lowest BCUT2D eigenvalue weighted by atomic mass is 9.83. The molecule has 114 valence electrons. The molecule has 0 saturated heterocycles. The smallest absolute Gasteiger partial charge is 0.155 e. The molecule has 0 fully saturated rings. The molecule has 2 aromatic heterocycles. The Morgan fingerprint density at radius 2 is 2.09 bits per heavy atom. The van der Waals surface area contributed by atoms with Crippen molar-refractivity contribution in [1.29, 1.82) is 0 Å². The van der Waals surface area contributed by atoms with Gasteiger partial charge in [0, 0.05) is 23.5 Å². The van der Waals surface area contributed by atoms with E-state index in [9.17, 15) is 0 Å². The van der Waals surface area contributed by atoms with Crippen LogP contribution in [0.25, 0.3) is 22.2 Å². The first-order valence-electron chi connectivity index (χ1n) is 7.23. The van der Waals surface area contributed by atoms with Crippen molar-refractivity contribution in [2.24, 2.45) is 5.73 Å². The molecule has 0 aliphatic carbocycles. The second kappa shape index (κ2) is 5.42. The van der Waals surface area contributed by atoms with Crippen molar-refractivity contribution in [3.63, 3.8) is 0 Å². The second-order valence-electron chi connectivity index (χ2n) is 6.03. The summed E-state index contributed by atoms with van der Waals surface area (Å²) >= 11 is 0. The van der Waals surface area contributed by atoms with E-state index in [4.69, 9.17) is 10.5 Å². The summed E-state index contributed by atoms with van der Waals surface area (Å²) in [5.41, 5.74) is 9.89. The number of hydrogen-bond acceptors (Lipinski definition) is 4. The number of nitrogens with one attached hydrogen (secondary N) is 1. The molecule has 0 aliphatic rings. The van der Waals surface area contributed by atoms with E-state index in [2.05, 4.69) is 35.1 Å². The number of benzene rings is 1. The van der Waals surface area contributed by atoms with Crippen LogP contribution in [0.4, 0.5) is 0 Å². The number of aromatic nitrogens is 3. The molecule has 0 spiro atoms. The Morgan fingerprint density at radius 3 is 2.82 bits per heavy atom. The average molecular weight is 296 g/mol. The highest BCUT2D eigenvalue weighted by Gasteiger charge is 2.21. The Morgan fingerprint density at radius 1 is 1.27 bits per heavy atom. The lowest BCUT2D eigenvalue weighted by molar-refractivity contribution is 0.412. The van der Waals surface area contributed by atoms with E-state index in [-0.39, 0.29) is 5.41 Å². The minimum Gasteiger partial charge on any atom is -0.497 e. The zero-order chi connectivity index (χ0) is 15.7. The van der Waals surface area contributed by atoms with Crippen molar-refractivity contribution in [3.8, 4) is 16.9 Å². The summed E-state index contributed by atoms with van der Waals surface area (Å²) in [5, 5.41) is 7.97. The molecule has 3 N–H and O–H groups in total. The van der Waals surface area contributed by atoms with Gasteiger partial charge in [-0.25, -0.2) is 4.98 Å². The van der Waals surface area contributed by atoms with Gasteiger partial charge in [-0.05, 0) is 34.9 Å². The second-order valence-corrected chi connectivity index (χ2v) is 6.03. The zero-order valence-electron chi connectivity index (χ0n) is 13.1. The first-order chi connectivity index (χ1) is 10.5. The minimum absolute atomic E-state index is 0.119. The number of ether oxygens (including phenoxy) is 1. The number of fused-ring (bicyclic) bond motifs is 1. The van der Waals surface area contributed by atoms with E-state index in [1.807, 2.05) is 18.2 Å². The maximum atomic E-state index is 5.93. The summed E-state index contributed by atoms with van der Waals surface area (Å²) in [4.78, 5) is 4.29. The third kappa shape index (κ3) is 2.44. The Labute approximate surface area is 129 Å². The molecule has 0 amide bonds. The van der Waals surface area contributed by atoms with Gasteiger partial charge < -0.3 is 10.5 Å². The van der Waals surface area contributed by atoms with Crippen molar-refractivity contribution in [2.75, 3.05) is 13.7 Å². The van der Waals surface area contributed by atoms with Gasteiger partial charge in [-0.15, -0.1) is 0 Å². The largest absolute Gasteiger partial charge is 0.497 e. The van der Waals surface area contributed by atoms with Crippen LogP contribution in [-0.2, 0) is 5.41 Å². The van der Waals surface area contributed by atoms with Gasteiger partial charge in [0.2, 0.25) is 0 Å². The van der Waals surface area contributed by atoms with Crippen LogP contribution in [-0.4, -0.2) is 28.8 Å². The van der Waals surface area contributed by atoms with Crippen molar-refractivity contribution in [1.82, 2.24) is 15.2 Å². The predicted molar refractivity (Wildman–Crippen MR) is 88.0 cm³/mol. The van der Waals surface area contributed by atoms with Gasteiger partial charge in [-0.3, -0.25) is 5.10 Å². The van der Waals surface area contributed by atoms with Crippen molar-refractivity contribution < 1.29 is 4.74 Å². The maximum Gasteiger partial charge on any atom is 0.155 e. The topological polar surface area (TPSA) is 76.8 Å². The van der Waals surface area contributed by atoms with E-state index in [0.29, 0.717) is 6.54 Å². The fourth-order valence-corrected chi connectivity index (χ4v) is 2.48. The molecule has 0 aliphatic heterocycles. The molecule has 5 nitrogen and oxygen atoms in total. The molecule has 3 rings (SSSR count). The van der Waals surface area contributed by atoms with Gasteiger partial charge >= 0.3 is 0 Å². The molecule has 2 heterocycles. The molecule has 0 saturated carbocycles. The predicted octanol–water partition coefficient (Wildman–Crippen LogP) is 2.87. The highest BCUT2D eigenvalue weighted by atomic mass is 16.5. The summed E-state index contributed by atoms with van der Waals surface area (Å²) in [6.45, 7) is 4.83. The average Bonchev–Trinajstić information content (AvgIpc) is 3.02. The van der Waals surface area contributed by atoms with Crippen molar-refractivity contribution in [3.05, 3.63) is 42.2 Å². The summed E-state index contributed by atoms with van der Waals surface area (Å²) < 4.78 is 5.47. The number of methoxy groups -OCH3 is 1. The van der Waals surface area contributed by atoms with Crippen LogP contribution >= 0.6 is 0 Å². The number of H-pyrrole nitrogens is 1. The normalized spacial score (nSPS) is 11.8. The van der Waals surface area contributed by atoms with E-state index < -0.39 is 0 Å². The Kier molecular flexibility index (Phi) is 3.58. The molecular formula is C17H20N4O.